The van der Waals surface area contributed by atoms with Gasteiger partial charge in [0, 0.05) is 6.42 Å². The van der Waals surface area contributed by atoms with Gasteiger partial charge in [0.25, 0.3) is 0 Å². The lowest BCUT2D eigenvalue weighted by molar-refractivity contribution is -0.153. The number of ketones is 1. The van der Waals surface area contributed by atoms with Crippen LogP contribution in [0.1, 0.15) is 65.7 Å². The Balaban J connectivity index is 1.67. The molecule has 0 bridgehead atoms. The van der Waals surface area contributed by atoms with E-state index >= 15 is 0 Å². The summed E-state index contributed by atoms with van der Waals surface area (Å²) in [5.41, 5.74) is 1.28. The van der Waals surface area contributed by atoms with Crippen LogP contribution in [0.3, 0.4) is 0 Å². The molecule has 8 atom stereocenters. The Morgan fingerprint density at radius 3 is 2.54 bits per heavy atom. The van der Waals surface area contributed by atoms with Crippen LogP contribution >= 0.6 is 0 Å². The van der Waals surface area contributed by atoms with Gasteiger partial charge in [-0.05, 0) is 85.5 Å². The molecule has 0 radical (unpaired) electrons. The molecule has 4 rings (SSSR count). The third-order valence-corrected chi connectivity index (χ3v) is 8.68. The fourth-order valence-corrected chi connectivity index (χ4v) is 7.43. The average molecular weight is 332 g/mol. The van der Waals surface area contributed by atoms with Crippen LogP contribution in [-0.2, 0) is 4.79 Å². The van der Waals surface area contributed by atoms with Crippen LogP contribution in [-0.4, -0.2) is 28.2 Å². The van der Waals surface area contributed by atoms with Crippen molar-refractivity contribution in [1.82, 2.24) is 0 Å². The minimum Gasteiger partial charge on any atom is -0.390 e. The lowest BCUT2D eigenvalue weighted by Crippen LogP contribution is -2.56. The van der Waals surface area contributed by atoms with E-state index in [9.17, 15) is 15.0 Å². The number of Topliss-reactive ketones (excluding diaryl/α,β-unsaturated/α-hetero) is 1. The molecule has 0 aliphatic heterocycles. The zero-order valence-electron chi connectivity index (χ0n) is 15.3. The first kappa shape index (κ1) is 16.8. The second-order valence-corrected chi connectivity index (χ2v) is 9.52. The summed E-state index contributed by atoms with van der Waals surface area (Å²) in [4.78, 5) is 12.6. The van der Waals surface area contributed by atoms with Crippen molar-refractivity contribution in [3.05, 3.63) is 11.6 Å². The molecular weight excluding hydrogens is 300 g/mol. The quantitative estimate of drug-likeness (QED) is 0.668. The number of carbonyl (C=O) groups is 1. The predicted octanol–water partition coefficient (Wildman–Crippen LogP) is 3.49. The number of allylic oxidation sites excluding steroid dienone is 2. The number of rotatable bonds is 0. The van der Waals surface area contributed by atoms with Gasteiger partial charge < -0.3 is 10.2 Å². The second-order valence-electron chi connectivity index (χ2n) is 9.52. The van der Waals surface area contributed by atoms with Crippen molar-refractivity contribution in [2.75, 3.05) is 0 Å². The minimum atomic E-state index is -0.574. The Kier molecular flexibility index (Phi) is 3.78. The van der Waals surface area contributed by atoms with Crippen molar-refractivity contribution < 1.29 is 15.0 Å². The molecule has 4 aliphatic rings. The summed E-state index contributed by atoms with van der Waals surface area (Å²) in [6.07, 6.45) is 7.76. The van der Waals surface area contributed by atoms with Gasteiger partial charge in [0.15, 0.2) is 5.78 Å². The molecule has 0 saturated heterocycles. The summed E-state index contributed by atoms with van der Waals surface area (Å²) < 4.78 is 0. The van der Waals surface area contributed by atoms with E-state index in [1.54, 1.807) is 0 Å². The van der Waals surface area contributed by atoms with Crippen LogP contribution < -0.4 is 0 Å². The standard InChI is InChI=1S/C21H32O3/c1-4-14-17(22)10-16-13-6-5-12-9-18(23)19(24)11-21(12,3)15(13)7-8-20(14,16)2/h4,12-13,15-16,18-19,23-24H,5-11H2,1-3H3/b14-4+/t12-,13+,15-,16-,18+,19+,20+,21-/m0/s1. The molecule has 0 aromatic heterocycles. The third kappa shape index (κ3) is 2.07. The maximum absolute atomic E-state index is 12.6. The summed E-state index contributed by atoms with van der Waals surface area (Å²) in [6, 6.07) is 0. The van der Waals surface area contributed by atoms with Gasteiger partial charge in [-0.1, -0.05) is 19.9 Å². The van der Waals surface area contributed by atoms with Crippen molar-refractivity contribution >= 4 is 5.78 Å². The van der Waals surface area contributed by atoms with E-state index in [2.05, 4.69) is 19.9 Å². The summed E-state index contributed by atoms with van der Waals surface area (Å²) in [6.45, 7) is 6.70. The van der Waals surface area contributed by atoms with Crippen LogP contribution in [0, 0.1) is 34.5 Å². The van der Waals surface area contributed by atoms with Gasteiger partial charge >= 0.3 is 0 Å². The molecule has 4 saturated carbocycles. The van der Waals surface area contributed by atoms with Crippen LogP contribution in [0.25, 0.3) is 0 Å². The molecule has 4 aliphatic carbocycles. The molecule has 0 heterocycles. The highest BCUT2D eigenvalue weighted by Gasteiger charge is 2.61. The summed E-state index contributed by atoms with van der Waals surface area (Å²) in [7, 11) is 0. The molecule has 0 amide bonds. The zero-order valence-corrected chi connectivity index (χ0v) is 15.3. The van der Waals surface area contributed by atoms with Gasteiger partial charge in [0.1, 0.15) is 0 Å². The highest BCUT2D eigenvalue weighted by atomic mass is 16.3. The highest BCUT2D eigenvalue weighted by molar-refractivity contribution is 5.99. The molecular formula is C21H32O3. The number of fused-ring (bicyclic) bond motifs is 5. The Hall–Kier alpha value is -0.670. The molecule has 0 unspecified atom stereocenters. The van der Waals surface area contributed by atoms with Gasteiger partial charge in [0.2, 0.25) is 0 Å². The number of hydrogen-bond acceptors (Lipinski definition) is 3. The van der Waals surface area contributed by atoms with E-state index in [0.29, 0.717) is 29.5 Å². The molecule has 0 aromatic carbocycles. The molecule has 0 aromatic rings. The normalized spacial score (nSPS) is 55.9. The molecule has 134 valence electrons. The van der Waals surface area contributed by atoms with Crippen LogP contribution in [0.15, 0.2) is 11.6 Å². The first-order valence-corrected chi connectivity index (χ1v) is 9.87. The summed E-state index contributed by atoms with van der Waals surface area (Å²) in [5, 5.41) is 20.4. The lowest BCUT2D eigenvalue weighted by Gasteiger charge is -2.60. The maximum Gasteiger partial charge on any atom is 0.159 e. The highest BCUT2D eigenvalue weighted by Crippen LogP contribution is 2.66. The van der Waals surface area contributed by atoms with Gasteiger partial charge in [-0.25, -0.2) is 0 Å². The molecule has 0 spiro atoms. The Bertz CT molecular complexity index is 582. The Labute approximate surface area is 145 Å². The van der Waals surface area contributed by atoms with Crippen molar-refractivity contribution in [2.45, 2.75) is 77.9 Å². The van der Waals surface area contributed by atoms with Gasteiger partial charge in [-0.15, -0.1) is 0 Å². The number of carbonyl (C=O) groups excluding carboxylic acids is 1. The van der Waals surface area contributed by atoms with Gasteiger partial charge in [0.05, 0.1) is 12.2 Å². The summed E-state index contributed by atoms with van der Waals surface area (Å²) >= 11 is 0. The fourth-order valence-electron chi connectivity index (χ4n) is 7.43. The molecule has 3 heteroatoms. The van der Waals surface area contributed by atoms with Crippen molar-refractivity contribution in [3.8, 4) is 0 Å². The van der Waals surface area contributed by atoms with E-state index in [-0.39, 0.29) is 10.8 Å². The molecule has 3 nitrogen and oxygen atoms in total. The molecule has 24 heavy (non-hydrogen) atoms. The van der Waals surface area contributed by atoms with Gasteiger partial charge in [-0.3, -0.25) is 4.79 Å². The average Bonchev–Trinajstić information content (AvgIpc) is 2.78. The number of aliphatic hydroxyl groups is 2. The van der Waals surface area contributed by atoms with E-state index < -0.39 is 12.2 Å². The topological polar surface area (TPSA) is 57.5 Å². The van der Waals surface area contributed by atoms with Gasteiger partial charge in [-0.2, -0.15) is 0 Å². The predicted molar refractivity (Wildman–Crippen MR) is 93.3 cm³/mol. The largest absolute Gasteiger partial charge is 0.390 e. The smallest absolute Gasteiger partial charge is 0.159 e. The van der Waals surface area contributed by atoms with E-state index in [1.165, 1.54) is 6.42 Å². The first-order chi connectivity index (χ1) is 11.3. The van der Waals surface area contributed by atoms with Crippen LogP contribution in [0.5, 0.6) is 0 Å². The van der Waals surface area contributed by atoms with E-state index in [0.717, 1.165) is 44.1 Å². The SMILES string of the molecule is C/C=C1\C(=O)C[C@H]2[C@@H]3CC[C@H]4C[C@@H](O)[C@H](O)C[C@]4(C)[C@H]3CC[C@]12C. The fraction of sp³-hybridized carbons (Fsp3) is 0.857. The number of aliphatic hydroxyl groups excluding tert-OH is 2. The third-order valence-electron chi connectivity index (χ3n) is 8.68. The Morgan fingerprint density at radius 2 is 1.83 bits per heavy atom. The monoisotopic (exact) mass is 332 g/mol. The first-order valence-electron chi connectivity index (χ1n) is 9.87. The van der Waals surface area contributed by atoms with Crippen LogP contribution in [0.4, 0.5) is 0 Å². The van der Waals surface area contributed by atoms with Crippen LogP contribution in [0.2, 0.25) is 0 Å². The molecule has 2 N–H and O–H groups in total. The minimum absolute atomic E-state index is 0.0724. The zero-order chi connectivity index (χ0) is 17.3. The van der Waals surface area contributed by atoms with Crippen molar-refractivity contribution in [2.24, 2.45) is 34.5 Å². The van der Waals surface area contributed by atoms with E-state index in [1.807, 2.05) is 6.92 Å². The Morgan fingerprint density at radius 1 is 1.08 bits per heavy atom. The van der Waals surface area contributed by atoms with Crippen molar-refractivity contribution in [3.63, 3.8) is 0 Å². The number of hydrogen-bond donors (Lipinski definition) is 2. The van der Waals surface area contributed by atoms with Crippen molar-refractivity contribution in [1.29, 1.82) is 0 Å². The van der Waals surface area contributed by atoms with E-state index in [4.69, 9.17) is 0 Å². The maximum atomic E-state index is 12.6. The second kappa shape index (κ2) is 5.41. The lowest BCUT2D eigenvalue weighted by atomic mass is 9.45. The molecule has 4 fully saturated rings. The summed E-state index contributed by atoms with van der Waals surface area (Å²) in [5.74, 6) is 2.59.